The second kappa shape index (κ2) is 10.6. The Morgan fingerprint density at radius 2 is 1.72 bits per heavy atom. The number of guanidine groups is 1. The Hall–Kier alpha value is -1.34. The van der Waals surface area contributed by atoms with Gasteiger partial charge in [0, 0.05) is 32.2 Å². The zero-order valence-corrected chi connectivity index (χ0v) is 18.8. The van der Waals surface area contributed by atoms with Crippen molar-refractivity contribution in [1.82, 2.24) is 20.0 Å². The van der Waals surface area contributed by atoms with Gasteiger partial charge in [-0.2, -0.15) is 0 Å². The first kappa shape index (κ1) is 22.3. The van der Waals surface area contributed by atoms with Gasteiger partial charge in [-0.05, 0) is 78.7 Å². The Morgan fingerprint density at radius 1 is 1.07 bits per heavy atom. The molecule has 0 unspecified atom stereocenters. The van der Waals surface area contributed by atoms with E-state index in [0.717, 1.165) is 38.4 Å². The molecule has 0 atom stereocenters. The van der Waals surface area contributed by atoms with Gasteiger partial charge in [0.15, 0.2) is 5.96 Å². The largest absolute Gasteiger partial charge is 0.466 e. The van der Waals surface area contributed by atoms with E-state index >= 15 is 0 Å². The Bertz CT molecular complexity index is 545. The lowest BCUT2D eigenvalue weighted by atomic mass is 9.84. The molecule has 0 bridgehead atoms. The summed E-state index contributed by atoms with van der Waals surface area (Å²) in [5.74, 6) is 0.992. The van der Waals surface area contributed by atoms with Gasteiger partial charge in [0.2, 0.25) is 0 Å². The van der Waals surface area contributed by atoms with Crippen molar-refractivity contribution in [1.29, 1.82) is 0 Å². The van der Waals surface area contributed by atoms with Crippen LogP contribution in [0, 0.1) is 5.92 Å². The zero-order valence-electron chi connectivity index (χ0n) is 18.8. The Kier molecular flexibility index (Phi) is 8.18. The van der Waals surface area contributed by atoms with Gasteiger partial charge < -0.3 is 19.9 Å². The van der Waals surface area contributed by atoms with Gasteiger partial charge in [-0.25, -0.2) is 0 Å². The smallest absolute Gasteiger partial charge is 0.309 e. The molecule has 166 valence electrons. The minimum Gasteiger partial charge on any atom is -0.466 e. The summed E-state index contributed by atoms with van der Waals surface area (Å²) in [6.07, 6.45) is 8.17. The Morgan fingerprint density at radius 3 is 2.31 bits per heavy atom. The standard InChI is InChI=1S/C22H41N5O2/c1-4-29-20(28)19-8-14-26(15-9-19)21(23-2)24-18-22(10-16-25(3)17-11-22)27-12-6-5-7-13-27/h19H,4-18H2,1-3H3,(H,23,24). The lowest BCUT2D eigenvalue weighted by Crippen LogP contribution is -2.62. The van der Waals surface area contributed by atoms with E-state index < -0.39 is 0 Å². The normalized spacial score (nSPS) is 25.1. The van der Waals surface area contributed by atoms with Crippen LogP contribution in [-0.2, 0) is 9.53 Å². The first-order valence-corrected chi connectivity index (χ1v) is 11.6. The minimum atomic E-state index is -0.0366. The molecule has 0 amide bonds. The molecule has 3 aliphatic heterocycles. The third-order valence-corrected chi connectivity index (χ3v) is 7.15. The van der Waals surface area contributed by atoms with Crippen LogP contribution in [0.15, 0.2) is 4.99 Å². The van der Waals surface area contributed by atoms with Crippen molar-refractivity contribution in [2.24, 2.45) is 10.9 Å². The van der Waals surface area contributed by atoms with Gasteiger partial charge in [0.05, 0.1) is 12.5 Å². The third kappa shape index (κ3) is 5.63. The molecule has 7 nitrogen and oxygen atoms in total. The van der Waals surface area contributed by atoms with Crippen molar-refractivity contribution in [3.63, 3.8) is 0 Å². The SMILES string of the molecule is CCOC(=O)C1CCN(C(=NC)NCC2(N3CCCCC3)CCN(C)CC2)CC1. The van der Waals surface area contributed by atoms with E-state index in [9.17, 15) is 4.79 Å². The van der Waals surface area contributed by atoms with E-state index in [2.05, 4.69) is 32.1 Å². The highest BCUT2D eigenvalue weighted by molar-refractivity contribution is 5.80. The quantitative estimate of drug-likeness (QED) is 0.426. The molecule has 0 spiro atoms. The number of nitrogens with zero attached hydrogens (tertiary/aromatic N) is 4. The molecule has 1 N–H and O–H groups in total. The average Bonchev–Trinajstić information content (AvgIpc) is 2.77. The highest BCUT2D eigenvalue weighted by Gasteiger charge is 2.40. The third-order valence-electron chi connectivity index (χ3n) is 7.15. The first-order chi connectivity index (χ1) is 14.1. The molecule has 3 aliphatic rings. The van der Waals surface area contributed by atoms with Crippen molar-refractivity contribution in [3.05, 3.63) is 0 Å². The Balaban J connectivity index is 1.57. The van der Waals surface area contributed by atoms with E-state index in [-0.39, 0.29) is 17.4 Å². The number of esters is 1. The summed E-state index contributed by atoms with van der Waals surface area (Å²) >= 11 is 0. The van der Waals surface area contributed by atoms with E-state index in [4.69, 9.17) is 4.74 Å². The molecular weight excluding hydrogens is 366 g/mol. The molecule has 0 aromatic heterocycles. The molecule has 0 aromatic carbocycles. The van der Waals surface area contributed by atoms with Gasteiger partial charge in [-0.3, -0.25) is 14.7 Å². The molecule has 0 aromatic rings. The summed E-state index contributed by atoms with van der Waals surface area (Å²) in [6, 6.07) is 0. The summed E-state index contributed by atoms with van der Waals surface area (Å²) < 4.78 is 5.21. The summed E-state index contributed by atoms with van der Waals surface area (Å²) in [7, 11) is 4.11. The van der Waals surface area contributed by atoms with Gasteiger partial charge in [0.25, 0.3) is 0 Å². The fraction of sp³-hybridized carbons (Fsp3) is 0.909. The number of hydrogen-bond acceptors (Lipinski definition) is 5. The number of likely N-dealkylation sites (tertiary alicyclic amines) is 3. The summed E-state index contributed by atoms with van der Waals surface area (Å²) in [5, 5.41) is 3.73. The monoisotopic (exact) mass is 407 g/mol. The number of piperidine rings is 3. The van der Waals surface area contributed by atoms with E-state index in [0.29, 0.717) is 6.61 Å². The van der Waals surface area contributed by atoms with Crippen molar-refractivity contribution >= 4 is 11.9 Å². The van der Waals surface area contributed by atoms with E-state index in [1.54, 1.807) is 0 Å². The molecule has 3 saturated heterocycles. The number of aliphatic imine (C=N–C) groups is 1. The maximum Gasteiger partial charge on any atom is 0.309 e. The minimum absolute atomic E-state index is 0.0366. The summed E-state index contributed by atoms with van der Waals surface area (Å²) in [6.45, 7) is 9.83. The maximum absolute atomic E-state index is 12.0. The number of ether oxygens (including phenoxy) is 1. The van der Waals surface area contributed by atoms with Crippen LogP contribution in [0.1, 0.15) is 51.9 Å². The van der Waals surface area contributed by atoms with Crippen LogP contribution >= 0.6 is 0 Å². The van der Waals surface area contributed by atoms with E-state index in [1.165, 1.54) is 58.3 Å². The second-order valence-corrected chi connectivity index (χ2v) is 8.99. The van der Waals surface area contributed by atoms with Crippen LogP contribution in [0.25, 0.3) is 0 Å². The van der Waals surface area contributed by atoms with Crippen LogP contribution in [0.3, 0.4) is 0 Å². The highest BCUT2D eigenvalue weighted by Crippen LogP contribution is 2.31. The summed E-state index contributed by atoms with van der Waals surface area (Å²) in [5.41, 5.74) is 0.242. The molecule has 0 saturated carbocycles. The molecule has 7 heteroatoms. The molecule has 0 aliphatic carbocycles. The highest BCUT2D eigenvalue weighted by atomic mass is 16.5. The average molecular weight is 408 g/mol. The number of carbonyl (C=O) groups is 1. The lowest BCUT2D eigenvalue weighted by Gasteiger charge is -2.50. The van der Waals surface area contributed by atoms with Crippen LogP contribution < -0.4 is 5.32 Å². The van der Waals surface area contributed by atoms with Crippen LogP contribution in [0.2, 0.25) is 0 Å². The topological polar surface area (TPSA) is 60.4 Å². The zero-order chi connectivity index (χ0) is 20.7. The molecule has 3 rings (SSSR count). The number of hydrogen-bond donors (Lipinski definition) is 1. The molecular formula is C22H41N5O2. The Labute approximate surface area is 176 Å². The maximum atomic E-state index is 12.0. The van der Waals surface area contributed by atoms with Crippen molar-refractivity contribution < 1.29 is 9.53 Å². The fourth-order valence-corrected chi connectivity index (χ4v) is 5.17. The van der Waals surface area contributed by atoms with Crippen molar-refractivity contribution in [3.8, 4) is 0 Å². The summed E-state index contributed by atoms with van der Waals surface area (Å²) in [4.78, 5) is 24.1. The van der Waals surface area contributed by atoms with Gasteiger partial charge in [-0.1, -0.05) is 6.42 Å². The molecule has 3 fully saturated rings. The van der Waals surface area contributed by atoms with Gasteiger partial charge in [-0.15, -0.1) is 0 Å². The first-order valence-electron chi connectivity index (χ1n) is 11.6. The van der Waals surface area contributed by atoms with Crippen LogP contribution in [0.5, 0.6) is 0 Å². The van der Waals surface area contributed by atoms with Gasteiger partial charge in [0.1, 0.15) is 0 Å². The van der Waals surface area contributed by atoms with Crippen LogP contribution in [-0.4, -0.2) is 98.7 Å². The van der Waals surface area contributed by atoms with Gasteiger partial charge >= 0.3 is 5.97 Å². The predicted octanol–water partition coefficient (Wildman–Crippen LogP) is 1.79. The second-order valence-electron chi connectivity index (χ2n) is 8.99. The van der Waals surface area contributed by atoms with Crippen LogP contribution in [0.4, 0.5) is 0 Å². The van der Waals surface area contributed by atoms with E-state index in [1.807, 2.05) is 14.0 Å². The fourth-order valence-electron chi connectivity index (χ4n) is 5.17. The lowest BCUT2D eigenvalue weighted by molar-refractivity contribution is -0.149. The number of rotatable bonds is 5. The van der Waals surface area contributed by atoms with Crippen molar-refractivity contribution in [2.75, 3.05) is 66.5 Å². The molecule has 0 radical (unpaired) electrons. The molecule has 3 heterocycles. The number of carbonyl (C=O) groups excluding carboxylic acids is 1. The predicted molar refractivity (Wildman–Crippen MR) is 117 cm³/mol. The van der Waals surface area contributed by atoms with Crippen molar-refractivity contribution in [2.45, 2.75) is 57.4 Å². The molecule has 29 heavy (non-hydrogen) atoms. The number of nitrogens with one attached hydrogen (secondary N) is 1.